The fraction of sp³-hybridized carbons (Fsp3) is 0.500. The fourth-order valence-electron chi connectivity index (χ4n) is 4.97. The Hall–Kier alpha value is -1.85. The number of thioether (sulfide) groups is 1. The summed E-state index contributed by atoms with van der Waals surface area (Å²) in [5.41, 5.74) is 0.769. The molecule has 6 nitrogen and oxygen atoms in total. The number of aromatic nitrogens is 5. The Morgan fingerprint density at radius 3 is 2.67 bits per heavy atom. The van der Waals surface area contributed by atoms with Gasteiger partial charge in [0.25, 0.3) is 0 Å². The highest BCUT2D eigenvalue weighted by atomic mass is 79.9. The second-order valence-corrected chi connectivity index (χ2v) is 10.9. The van der Waals surface area contributed by atoms with Gasteiger partial charge in [0.1, 0.15) is 0 Å². The number of alkyl halides is 3. The van der Waals surface area contributed by atoms with E-state index in [1.165, 1.54) is 37.0 Å². The van der Waals surface area contributed by atoms with Crippen LogP contribution in [0.25, 0.3) is 11.4 Å². The first-order chi connectivity index (χ1) is 15.7. The predicted molar refractivity (Wildman–Crippen MR) is 124 cm³/mol. The van der Waals surface area contributed by atoms with Crippen molar-refractivity contribution in [2.75, 3.05) is 25.4 Å². The van der Waals surface area contributed by atoms with Crippen LogP contribution in [-0.2, 0) is 25.7 Å². The molecule has 33 heavy (non-hydrogen) atoms. The number of rotatable bonds is 7. The average molecular weight is 541 g/mol. The van der Waals surface area contributed by atoms with Crippen molar-refractivity contribution in [3.05, 3.63) is 46.2 Å². The first-order valence-corrected chi connectivity index (χ1v) is 12.6. The van der Waals surface area contributed by atoms with Crippen molar-refractivity contribution in [3.8, 4) is 11.4 Å². The summed E-state index contributed by atoms with van der Waals surface area (Å²) < 4.78 is 43.8. The topological polar surface area (TPSA) is 51.8 Å². The molecule has 3 heterocycles. The molecule has 2 atom stereocenters. The van der Waals surface area contributed by atoms with E-state index in [2.05, 4.69) is 60.4 Å². The maximum Gasteiger partial charge on any atom is 0.435 e. The van der Waals surface area contributed by atoms with Gasteiger partial charge in [-0.25, -0.2) is 0 Å². The molecular weight excluding hydrogens is 517 g/mol. The minimum absolute atomic E-state index is 0.0543. The Morgan fingerprint density at radius 2 is 1.94 bits per heavy atom. The van der Waals surface area contributed by atoms with Crippen LogP contribution in [0.1, 0.15) is 24.1 Å². The van der Waals surface area contributed by atoms with E-state index in [1.807, 2.05) is 0 Å². The average Bonchev–Trinajstić information content (AvgIpc) is 3.06. The second-order valence-electron chi connectivity index (χ2n) is 8.93. The van der Waals surface area contributed by atoms with Crippen molar-refractivity contribution < 1.29 is 13.2 Å². The number of aryl methyl sites for hydroxylation is 1. The van der Waals surface area contributed by atoms with E-state index in [1.54, 1.807) is 11.6 Å². The smallest absolute Gasteiger partial charge is 0.305 e. The van der Waals surface area contributed by atoms with E-state index in [4.69, 9.17) is 0 Å². The minimum Gasteiger partial charge on any atom is -0.305 e. The quantitative estimate of drug-likeness (QED) is 0.319. The zero-order valence-electron chi connectivity index (χ0n) is 18.3. The van der Waals surface area contributed by atoms with Crippen LogP contribution in [0, 0.1) is 5.92 Å². The van der Waals surface area contributed by atoms with Crippen molar-refractivity contribution in [3.63, 3.8) is 0 Å². The lowest BCUT2D eigenvalue weighted by Crippen LogP contribution is -2.27. The fourth-order valence-corrected chi connectivity index (χ4v) is 6.07. The summed E-state index contributed by atoms with van der Waals surface area (Å²) >= 11 is 5.04. The summed E-state index contributed by atoms with van der Waals surface area (Å²) in [4.78, 5) is 2.53. The van der Waals surface area contributed by atoms with Gasteiger partial charge >= 0.3 is 6.18 Å². The number of halogens is 4. The number of hydrogen-bond donors (Lipinski definition) is 0. The molecule has 11 heteroatoms. The zero-order chi connectivity index (χ0) is 23.4. The Bertz CT molecular complexity index is 1160. The van der Waals surface area contributed by atoms with Gasteiger partial charge in [-0.3, -0.25) is 4.68 Å². The van der Waals surface area contributed by atoms with E-state index in [9.17, 15) is 13.2 Å². The van der Waals surface area contributed by atoms with Gasteiger partial charge in [-0.15, -0.1) is 10.2 Å². The first-order valence-electron chi connectivity index (χ1n) is 10.8. The van der Waals surface area contributed by atoms with Crippen LogP contribution < -0.4 is 0 Å². The van der Waals surface area contributed by atoms with Gasteiger partial charge < -0.3 is 9.47 Å². The van der Waals surface area contributed by atoms with Gasteiger partial charge in [-0.2, -0.15) is 18.3 Å². The van der Waals surface area contributed by atoms with Crippen LogP contribution in [0.2, 0.25) is 0 Å². The predicted octanol–water partition coefficient (Wildman–Crippen LogP) is 4.75. The Kier molecular flexibility index (Phi) is 5.85. The van der Waals surface area contributed by atoms with Crippen LogP contribution in [0.15, 0.2) is 40.1 Å². The molecule has 176 valence electrons. The Labute approximate surface area is 202 Å². The molecule has 2 aliphatic rings. The lowest BCUT2D eigenvalue weighted by molar-refractivity contribution is -0.141. The number of nitrogens with zero attached hydrogens (tertiary/aromatic N) is 6. The molecule has 2 unspecified atom stereocenters. The Morgan fingerprint density at radius 1 is 1.18 bits per heavy atom. The summed E-state index contributed by atoms with van der Waals surface area (Å²) in [6.45, 7) is 3.24. The maximum absolute atomic E-state index is 13.3. The molecule has 0 N–H and O–H groups in total. The van der Waals surface area contributed by atoms with Crippen molar-refractivity contribution >= 4 is 27.7 Å². The highest BCUT2D eigenvalue weighted by Crippen LogP contribution is 2.59. The minimum atomic E-state index is -4.54. The summed E-state index contributed by atoms with van der Waals surface area (Å²) in [5, 5.41) is 12.3. The van der Waals surface area contributed by atoms with Crippen molar-refractivity contribution in [2.24, 2.45) is 20.0 Å². The molecule has 1 aliphatic heterocycles. The first kappa shape index (κ1) is 22.9. The number of piperidine rings is 1. The third-order valence-electron chi connectivity index (χ3n) is 6.66. The summed E-state index contributed by atoms with van der Waals surface area (Å²) in [7, 11) is 3.16. The van der Waals surface area contributed by atoms with Crippen LogP contribution in [0.3, 0.4) is 0 Å². The van der Waals surface area contributed by atoms with Gasteiger partial charge in [-0.1, -0.05) is 39.8 Å². The normalized spacial score (nSPS) is 22.7. The molecule has 2 aromatic heterocycles. The number of hydrogen-bond acceptors (Lipinski definition) is 5. The van der Waals surface area contributed by atoms with Crippen molar-refractivity contribution in [1.82, 2.24) is 29.4 Å². The van der Waals surface area contributed by atoms with Gasteiger partial charge in [0.05, 0.1) is 5.56 Å². The monoisotopic (exact) mass is 540 g/mol. The van der Waals surface area contributed by atoms with Crippen LogP contribution in [0.4, 0.5) is 13.2 Å². The van der Waals surface area contributed by atoms with Crippen LogP contribution >= 0.6 is 27.7 Å². The molecule has 0 bridgehead atoms. The van der Waals surface area contributed by atoms with E-state index in [0.29, 0.717) is 10.6 Å². The number of fused-ring (bicyclic) bond motifs is 1. The van der Waals surface area contributed by atoms with Gasteiger partial charge in [-0.05, 0) is 43.0 Å². The third-order valence-corrected chi connectivity index (χ3v) is 8.29. The summed E-state index contributed by atoms with van der Waals surface area (Å²) in [6.07, 6.45) is -0.951. The molecular formula is C22H24BrF3N6S. The SMILES string of the molecule is Cn1cc(-c2nnc(SCCCN3CC4CC4(c4ccc(Br)cc4)C3)n2C)c(C(F)(F)F)n1. The van der Waals surface area contributed by atoms with Crippen molar-refractivity contribution in [1.29, 1.82) is 0 Å². The van der Waals surface area contributed by atoms with Crippen LogP contribution in [0.5, 0.6) is 0 Å². The van der Waals surface area contributed by atoms with E-state index < -0.39 is 11.9 Å². The van der Waals surface area contributed by atoms with Crippen LogP contribution in [-0.4, -0.2) is 54.8 Å². The number of benzene rings is 1. The van der Waals surface area contributed by atoms with Crippen molar-refractivity contribution in [2.45, 2.75) is 29.6 Å². The summed E-state index contributed by atoms with van der Waals surface area (Å²) in [6, 6.07) is 8.72. The van der Waals surface area contributed by atoms with Gasteiger partial charge in [0.2, 0.25) is 0 Å². The van der Waals surface area contributed by atoms with Gasteiger partial charge in [0.15, 0.2) is 16.7 Å². The van der Waals surface area contributed by atoms with E-state index in [0.717, 1.165) is 46.9 Å². The molecule has 1 aliphatic carbocycles. The molecule has 0 amide bonds. The molecule has 0 radical (unpaired) electrons. The van der Waals surface area contributed by atoms with E-state index >= 15 is 0 Å². The molecule has 5 rings (SSSR count). The standard InChI is InChI=1S/C22H24BrF3N6S/c1-30-12-17(18(29-30)22(24,25)26)19-27-28-20(31(19)2)33-9-3-8-32-11-15-10-21(15,13-32)14-4-6-16(23)7-5-14/h4-7,12,15H,3,8-11,13H2,1-2H3. The largest absolute Gasteiger partial charge is 0.435 e. The molecule has 2 fully saturated rings. The molecule has 3 aromatic rings. The molecule has 1 aromatic carbocycles. The van der Waals surface area contributed by atoms with Gasteiger partial charge in [0, 0.05) is 49.0 Å². The molecule has 1 saturated carbocycles. The summed E-state index contributed by atoms with van der Waals surface area (Å²) in [5.74, 6) is 1.75. The third kappa shape index (κ3) is 4.35. The lowest BCUT2D eigenvalue weighted by Gasteiger charge is -2.21. The second kappa shape index (κ2) is 8.42. The van der Waals surface area contributed by atoms with E-state index in [-0.39, 0.29) is 11.4 Å². The maximum atomic E-state index is 13.3. The molecule has 1 saturated heterocycles. The zero-order valence-corrected chi connectivity index (χ0v) is 20.7. The number of likely N-dealkylation sites (tertiary alicyclic amines) is 1. The Balaban J connectivity index is 1.16. The highest BCUT2D eigenvalue weighted by Gasteiger charge is 2.60. The molecule has 0 spiro atoms. The highest BCUT2D eigenvalue weighted by molar-refractivity contribution is 9.10. The lowest BCUT2D eigenvalue weighted by atomic mass is 9.95.